The predicted molar refractivity (Wildman–Crippen MR) is 44.5 cm³/mol. The molecule has 2 radical (unpaired) electrons. The monoisotopic (exact) mass is 454 g/mol. The van der Waals surface area contributed by atoms with Gasteiger partial charge in [-0.2, -0.15) is 0 Å². The van der Waals surface area contributed by atoms with E-state index in [2.05, 4.69) is 18.1 Å². The Morgan fingerprint density at radius 2 is 0.800 bits per heavy atom. The second-order valence-electron chi connectivity index (χ2n) is 0. The number of carbonyl (C=O) groups excluding carboxylic acids is 1. The van der Waals surface area contributed by atoms with E-state index in [1.807, 2.05) is 34.5 Å². The standard InChI is InChI=1S/2C2H6.CH2O.CH2S.2Tb/c4*1-2;;/h2*1-2H3;2*1H2;;. The van der Waals surface area contributed by atoms with Crippen LogP contribution in [0.15, 0.2) is 0 Å². The summed E-state index contributed by atoms with van der Waals surface area (Å²) in [5.41, 5.74) is 0. The minimum atomic E-state index is 0. The third-order valence-corrected chi connectivity index (χ3v) is 0. The first-order chi connectivity index (χ1) is 4.00. The van der Waals surface area contributed by atoms with Gasteiger partial charge in [0.05, 0.1) is 0 Å². The van der Waals surface area contributed by atoms with E-state index in [1.165, 1.54) is 0 Å². The van der Waals surface area contributed by atoms with Crippen molar-refractivity contribution in [2.45, 2.75) is 27.7 Å². The predicted octanol–water partition coefficient (Wildman–Crippen LogP) is 2.48. The fourth-order valence-corrected chi connectivity index (χ4v) is 0. The first-order valence-corrected chi connectivity index (χ1v) is 3.15. The molecule has 0 heterocycles. The molecule has 0 bridgehead atoms. The molecule has 70 valence electrons. The first kappa shape index (κ1) is 39.5. The Balaban J connectivity index is -0.00000000500. The van der Waals surface area contributed by atoms with Gasteiger partial charge in [-0.3, -0.25) is 0 Å². The SMILES string of the molecule is C=O.C=S.CC.CC.[Tb].[Tb]. The van der Waals surface area contributed by atoms with Crippen LogP contribution in [0.3, 0.4) is 0 Å². The molecule has 0 atom stereocenters. The van der Waals surface area contributed by atoms with Gasteiger partial charge in [-0.15, -0.1) is 0 Å². The molecule has 0 aliphatic rings. The summed E-state index contributed by atoms with van der Waals surface area (Å²) >= 11 is 3.83. The van der Waals surface area contributed by atoms with Crippen LogP contribution < -0.4 is 0 Å². The maximum atomic E-state index is 8.00. The molecule has 0 N–H and O–H groups in total. The molecule has 0 aromatic rings. The molecule has 10 heavy (non-hydrogen) atoms. The fraction of sp³-hybridized carbons (Fsp3) is 0.667. The minimum Gasteiger partial charge on any atom is -0.307 e. The van der Waals surface area contributed by atoms with Crippen molar-refractivity contribution >= 4 is 24.9 Å². The number of hydrogen-bond donors (Lipinski definition) is 0. The largest absolute Gasteiger partial charge is 0.307 e. The third-order valence-electron chi connectivity index (χ3n) is 0. The van der Waals surface area contributed by atoms with E-state index >= 15 is 0 Å². The van der Waals surface area contributed by atoms with Crippen molar-refractivity contribution in [1.82, 2.24) is 0 Å². The Labute approximate surface area is 132 Å². The Bertz CT molecular complexity index is 17.7. The Morgan fingerprint density at radius 1 is 0.800 bits per heavy atom. The van der Waals surface area contributed by atoms with E-state index in [-0.39, 0.29) is 77.2 Å². The zero-order chi connectivity index (χ0) is 8.00. The van der Waals surface area contributed by atoms with Crippen LogP contribution in [0.1, 0.15) is 27.7 Å². The van der Waals surface area contributed by atoms with E-state index in [4.69, 9.17) is 4.79 Å². The topological polar surface area (TPSA) is 17.1 Å². The van der Waals surface area contributed by atoms with Gasteiger partial charge in [0.15, 0.2) is 0 Å². The van der Waals surface area contributed by atoms with Crippen molar-refractivity contribution in [1.29, 1.82) is 0 Å². The van der Waals surface area contributed by atoms with Gasteiger partial charge in [-0.1, -0.05) is 39.9 Å². The molecule has 0 unspecified atom stereocenters. The molecule has 1 nitrogen and oxygen atoms in total. The molecule has 0 saturated carbocycles. The second kappa shape index (κ2) is 223. The summed E-state index contributed by atoms with van der Waals surface area (Å²) < 4.78 is 0. The number of rotatable bonds is 0. The normalized spacial score (nSPS) is 2.00. The van der Waals surface area contributed by atoms with Crippen LogP contribution in [-0.2, 0) is 4.79 Å². The van der Waals surface area contributed by atoms with Crippen molar-refractivity contribution in [3.63, 3.8) is 0 Å². The summed E-state index contributed by atoms with van der Waals surface area (Å²) in [4.78, 5) is 8.00. The molecule has 0 aromatic carbocycles. The van der Waals surface area contributed by atoms with Gasteiger partial charge < -0.3 is 4.79 Å². The molecule has 0 aromatic heterocycles. The van der Waals surface area contributed by atoms with Gasteiger partial charge in [0.1, 0.15) is 6.79 Å². The smallest absolute Gasteiger partial charge is 0.106 e. The molecular weight excluding hydrogens is 438 g/mol. The molecule has 0 fully saturated rings. The van der Waals surface area contributed by atoms with E-state index in [9.17, 15) is 0 Å². The maximum Gasteiger partial charge on any atom is 0.106 e. The molecule has 0 rings (SSSR count). The Morgan fingerprint density at radius 3 is 0.800 bits per heavy atom. The first-order valence-electron chi connectivity index (χ1n) is 2.58. The molecule has 0 aliphatic heterocycles. The second-order valence-corrected chi connectivity index (χ2v) is 0. The summed E-state index contributed by atoms with van der Waals surface area (Å²) in [7, 11) is 0. The summed E-state index contributed by atoms with van der Waals surface area (Å²) in [5, 5.41) is 0. The molecule has 0 saturated heterocycles. The summed E-state index contributed by atoms with van der Waals surface area (Å²) in [5.74, 6) is 2.83. The van der Waals surface area contributed by atoms with E-state index in [0.717, 1.165) is 0 Å². The number of thiocarbonyl (C=S) groups is 1. The van der Waals surface area contributed by atoms with Crippen molar-refractivity contribution in [2.24, 2.45) is 0 Å². The van der Waals surface area contributed by atoms with E-state index in [1.54, 1.807) is 0 Å². The molecular formula is C6H16OSTb2. The average molecular weight is 454 g/mol. The summed E-state index contributed by atoms with van der Waals surface area (Å²) in [6, 6.07) is 0. The fourth-order valence-electron chi connectivity index (χ4n) is 0. The quantitative estimate of drug-likeness (QED) is 0.524. The van der Waals surface area contributed by atoms with Crippen LogP contribution in [0, 0.1) is 77.2 Å². The summed E-state index contributed by atoms with van der Waals surface area (Å²) in [6.07, 6.45) is 0. The number of carbonyl (C=O) groups is 1. The number of hydrogen-bond acceptors (Lipinski definition) is 2. The van der Waals surface area contributed by atoms with Gasteiger partial charge in [0, 0.05) is 77.2 Å². The Hall–Kier alpha value is 2.33. The van der Waals surface area contributed by atoms with Crippen LogP contribution in [0.25, 0.3) is 0 Å². The molecule has 0 amide bonds. The van der Waals surface area contributed by atoms with Gasteiger partial charge in [-0.25, -0.2) is 0 Å². The van der Waals surface area contributed by atoms with Gasteiger partial charge >= 0.3 is 0 Å². The molecule has 0 spiro atoms. The zero-order valence-electron chi connectivity index (χ0n) is 6.90. The van der Waals surface area contributed by atoms with Crippen LogP contribution in [-0.4, -0.2) is 12.7 Å². The van der Waals surface area contributed by atoms with Crippen molar-refractivity contribution in [2.75, 3.05) is 0 Å². The van der Waals surface area contributed by atoms with E-state index in [0.29, 0.717) is 0 Å². The molecule has 0 aliphatic carbocycles. The van der Waals surface area contributed by atoms with Crippen LogP contribution in [0.4, 0.5) is 0 Å². The van der Waals surface area contributed by atoms with Crippen molar-refractivity contribution in [3.8, 4) is 0 Å². The van der Waals surface area contributed by atoms with Crippen LogP contribution in [0.2, 0.25) is 0 Å². The minimum absolute atomic E-state index is 0. The van der Waals surface area contributed by atoms with Crippen LogP contribution in [0.5, 0.6) is 0 Å². The van der Waals surface area contributed by atoms with Gasteiger partial charge in [-0.05, 0) is 5.87 Å². The molecule has 4 heteroatoms. The van der Waals surface area contributed by atoms with Crippen LogP contribution >= 0.6 is 12.2 Å². The van der Waals surface area contributed by atoms with Crippen molar-refractivity contribution in [3.05, 3.63) is 0 Å². The average Bonchev–Trinajstić information content (AvgIpc) is 2.03. The zero-order valence-corrected chi connectivity index (χ0v) is 12.0. The van der Waals surface area contributed by atoms with Gasteiger partial charge in [0.25, 0.3) is 0 Å². The van der Waals surface area contributed by atoms with Crippen molar-refractivity contribution < 1.29 is 82.0 Å². The third kappa shape index (κ3) is 166. The Kier molecular flexibility index (Phi) is 879. The maximum absolute atomic E-state index is 8.00. The van der Waals surface area contributed by atoms with Gasteiger partial charge in [0.2, 0.25) is 0 Å². The summed E-state index contributed by atoms with van der Waals surface area (Å²) in [6.45, 7) is 10.0. The van der Waals surface area contributed by atoms with E-state index < -0.39 is 0 Å².